The largest absolute Gasteiger partial charge is 0.453 e. The van der Waals surface area contributed by atoms with Gasteiger partial charge in [0.15, 0.2) is 8.32 Å². The summed E-state index contributed by atoms with van der Waals surface area (Å²) in [4.78, 5) is 0. The Morgan fingerprint density at radius 3 is 1.87 bits per heavy atom. The minimum absolute atomic E-state index is 0.604. The van der Waals surface area contributed by atoms with Crippen molar-refractivity contribution < 1.29 is 13.0 Å². The fourth-order valence-corrected chi connectivity index (χ4v) is 21.4. The predicted molar refractivity (Wildman–Crippen MR) is 70.1 cm³/mol. The van der Waals surface area contributed by atoms with Crippen LogP contribution in [0, 0.1) is 0 Å². The minimum Gasteiger partial charge on any atom is -0.453 e. The topological polar surface area (TPSA) is 43.4 Å². The van der Waals surface area contributed by atoms with E-state index in [0.29, 0.717) is 11.7 Å². The number of hydrogen-bond donors (Lipinski definition) is 0. The van der Waals surface area contributed by atoms with Crippen molar-refractivity contribution >= 4 is 33.0 Å². The lowest BCUT2D eigenvalue weighted by molar-refractivity contribution is 0.532. The molecule has 0 radical (unpaired) electrons. The van der Waals surface area contributed by atoms with Crippen molar-refractivity contribution in [3.63, 3.8) is 0 Å². The molecule has 0 bridgehead atoms. The van der Waals surface area contributed by atoms with E-state index >= 15 is 0 Å². The standard InChI is InChI=1S/C8H22O3Si4/c1-7-13(10)8-15(6,12(2)9)11-14(3,4)5/h7-8H2,1-6H3. The highest BCUT2D eigenvalue weighted by Crippen LogP contribution is 2.19. The molecule has 1 atom stereocenters. The van der Waals surface area contributed by atoms with Gasteiger partial charge in [0, 0.05) is 5.67 Å². The molecular weight excluding hydrogens is 256 g/mol. The van der Waals surface area contributed by atoms with E-state index in [-0.39, 0.29) is 0 Å². The van der Waals surface area contributed by atoms with Crippen LogP contribution in [0.1, 0.15) is 6.92 Å². The molecule has 0 N–H and O–H groups in total. The van der Waals surface area contributed by atoms with Crippen LogP contribution >= 0.6 is 0 Å². The first-order chi connectivity index (χ1) is 6.60. The molecule has 0 aromatic rings. The number of hydrogen-bond acceptors (Lipinski definition) is 3. The minimum atomic E-state index is -2.21. The van der Waals surface area contributed by atoms with Crippen molar-refractivity contribution in [2.24, 2.45) is 0 Å². The molecule has 0 heterocycles. The molecule has 0 aromatic heterocycles. The van der Waals surface area contributed by atoms with E-state index in [0.717, 1.165) is 0 Å². The van der Waals surface area contributed by atoms with Crippen LogP contribution in [0.3, 0.4) is 0 Å². The van der Waals surface area contributed by atoms with Crippen molar-refractivity contribution in [1.82, 2.24) is 0 Å². The van der Waals surface area contributed by atoms with E-state index in [4.69, 9.17) is 4.12 Å². The van der Waals surface area contributed by atoms with Crippen LogP contribution < -0.4 is 0 Å². The third-order valence-electron chi connectivity index (χ3n) is 2.21. The summed E-state index contributed by atoms with van der Waals surface area (Å²) in [5.74, 6) is 0. The maximum atomic E-state index is 11.8. The summed E-state index contributed by atoms with van der Waals surface area (Å²) < 4.78 is 29.6. The van der Waals surface area contributed by atoms with E-state index < -0.39 is 33.0 Å². The van der Waals surface area contributed by atoms with Gasteiger partial charge >= 0.3 is 0 Å². The van der Waals surface area contributed by atoms with Gasteiger partial charge in [-0.15, -0.1) is 0 Å². The monoisotopic (exact) mass is 278 g/mol. The highest BCUT2D eigenvalue weighted by Gasteiger charge is 2.42. The lowest BCUT2D eigenvalue weighted by Crippen LogP contribution is -2.52. The SMILES string of the molecule is CC[Si](=O)C[Si](C)(O[Si](C)(C)C)[Si](C)=O. The first-order valence-electron chi connectivity index (χ1n) is 5.33. The van der Waals surface area contributed by atoms with Gasteiger partial charge in [0.25, 0.3) is 16.9 Å². The molecule has 88 valence electrons. The highest BCUT2D eigenvalue weighted by molar-refractivity contribution is 7.27. The molecule has 0 spiro atoms. The Hall–Kier alpha value is 0.428. The number of rotatable bonds is 6. The van der Waals surface area contributed by atoms with Crippen LogP contribution in [0.2, 0.25) is 44.4 Å². The van der Waals surface area contributed by atoms with Gasteiger partial charge in [-0.3, -0.25) is 0 Å². The zero-order valence-electron chi connectivity index (χ0n) is 10.6. The zero-order valence-corrected chi connectivity index (χ0v) is 14.6. The molecule has 7 heteroatoms. The molecule has 0 saturated heterocycles. The molecular formula is C8H22O3Si4. The molecule has 15 heavy (non-hydrogen) atoms. The average molecular weight is 279 g/mol. The van der Waals surface area contributed by atoms with Gasteiger partial charge in [-0.2, -0.15) is 0 Å². The summed E-state index contributed by atoms with van der Waals surface area (Å²) in [6.07, 6.45) is 0. The van der Waals surface area contributed by atoms with Gasteiger partial charge in [0.05, 0.1) is 0 Å². The smallest absolute Gasteiger partial charge is 0.285 e. The molecule has 0 aliphatic heterocycles. The van der Waals surface area contributed by atoms with Crippen LogP contribution in [0.5, 0.6) is 0 Å². The maximum Gasteiger partial charge on any atom is 0.285 e. The third kappa shape index (κ3) is 5.90. The Morgan fingerprint density at radius 2 is 1.60 bits per heavy atom. The Morgan fingerprint density at radius 1 is 1.13 bits per heavy atom. The zero-order chi connectivity index (χ0) is 12.3. The van der Waals surface area contributed by atoms with Gasteiger partial charge in [-0.25, -0.2) is 0 Å². The van der Waals surface area contributed by atoms with Gasteiger partial charge in [0.2, 0.25) is 7.83 Å². The van der Waals surface area contributed by atoms with Crippen LogP contribution in [-0.2, 0) is 13.0 Å². The quantitative estimate of drug-likeness (QED) is 0.701. The first-order valence-corrected chi connectivity index (χ1v) is 16.1. The van der Waals surface area contributed by atoms with E-state index in [1.807, 2.05) is 13.5 Å². The summed E-state index contributed by atoms with van der Waals surface area (Å²) in [5.41, 5.74) is 0.604. The Labute approximate surface area is 97.6 Å². The Bertz CT molecular complexity index is 261. The molecule has 0 saturated carbocycles. The van der Waals surface area contributed by atoms with Gasteiger partial charge in [-0.05, 0) is 38.8 Å². The molecule has 0 aromatic carbocycles. The fourth-order valence-electron chi connectivity index (χ4n) is 1.41. The normalized spacial score (nSPS) is 15.9. The predicted octanol–water partition coefficient (Wildman–Crippen LogP) is 2.52. The van der Waals surface area contributed by atoms with Gasteiger partial charge in [-0.1, -0.05) is 6.92 Å². The van der Waals surface area contributed by atoms with Crippen molar-refractivity contribution in [1.29, 1.82) is 0 Å². The van der Waals surface area contributed by atoms with Crippen molar-refractivity contribution in [2.45, 2.75) is 51.4 Å². The molecule has 0 aliphatic rings. The molecule has 3 nitrogen and oxygen atoms in total. The highest BCUT2D eigenvalue weighted by atomic mass is 29.2. The van der Waals surface area contributed by atoms with Crippen molar-refractivity contribution in [3.05, 3.63) is 0 Å². The van der Waals surface area contributed by atoms with Crippen molar-refractivity contribution in [3.8, 4) is 0 Å². The summed E-state index contributed by atoms with van der Waals surface area (Å²) >= 11 is 0. The van der Waals surface area contributed by atoms with Crippen LogP contribution in [0.25, 0.3) is 0 Å². The first kappa shape index (κ1) is 15.4. The van der Waals surface area contributed by atoms with E-state index in [2.05, 4.69) is 19.6 Å². The van der Waals surface area contributed by atoms with E-state index in [9.17, 15) is 8.92 Å². The Kier molecular flexibility index (Phi) is 5.83. The second kappa shape index (κ2) is 5.67. The molecule has 1 unspecified atom stereocenters. The second-order valence-corrected chi connectivity index (χ2v) is 22.2. The fraction of sp³-hybridized carbons (Fsp3) is 1.00. The maximum absolute atomic E-state index is 11.8. The molecule has 0 rings (SSSR count). The van der Waals surface area contributed by atoms with E-state index in [1.54, 1.807) is 6.55 Å². The summed E-state index contributed by atoms with van der Waals surface area (Å²) in [7, 11) is -7.13. The summed E-state index contributed by atoms with van der Waals surface area (Å²) in [6.45, 7) is 12.0. The second-order valence-electron chi connectivity index (χ2n) is 5.07. The lowest BCUT2D eigenvalue weighted by atomic mass is 11.0. The van der Waals surface area contributed by atoms with Crippen LogP contribution in [-0.4, -0.2) is 33.0 Å². The molecule has 0 amide bonds. The third-order valence-corrected chi connectivity index (χ3v) is 20.0. The van der Waals surface area contributed by atoms with E-state index in [1.165, 1.54) is 0 Å². The van der Waals surface area contributed by atoms with Gasteiger partial charge < -0.3 is 13.0 Å². The average Bonchev–Trinajstić information content (AvgIpc) is 2.00. The van der Waals surface area contributed by atoms with Crippen molar-refractivity contribution in [2.75, 3.05) is 0 Å². The van der Waals surface area contributed by atoms with Crippen LogP contribution in [0.4, 0.5) is 0 Å². The Balaban J connectivity index is 4.75. The molecule has 0 aliphatic carbocycles. The molecule has 0 fully saturated rings. The summed E-state index contributed by atoms with van der Waals surface area (Å²) in [5, 5.41) is 0. The van der Waals surface area contributed by atoms with Crippen LogP contribution in [0.15, 0.2) is 0 Å². The van der Waals surface area contributed by atoms with Gasteiger partial charge in [0.1, 0.15) is 0 Å². The lowest BCUT2D eigenvalue weighted by Gasteiger charge is -2.31. The summed E-state index contributed by atoms with van der Waals surface area (Å²) in [6, 6.07) is 0.706.